The molecule has 20 heavy (non-hydrogen) atoms. The Hall–Kier alpha value is -1.73. The van der Waals surface area contributed by atoms with Gasteiger partial charge in [0.1, 0.15) is 5.75 Å². The van der Waals surface area contributed by atoms with Gasteiger partial charge in [0, 0.05) is 12.4 Å². The normalized spacial score (nSPS) is 13.6. The highest BCUT2D eigenvalue weighted by molar-refractivity contribution is 7.60. The van der Waals surface area contributed by atoms with E-state index in [0.29, 0.717) is 5.75 Å². The Kier molecular flexibility index (Phi) is 4.20. The Bertz CT molecular complexity index is 630. The van der Waals surface area contributed by atoms with Crippen LogP contribution in [0.3, 0.4) is 0 Å². The van der Waals surface area contributed by atoms with Crippen molar-refractivity contribution in [2.75, 3.05) is 11.8 Å². The van der Waals surface area contributed by atoms with Crippen molar-refractivity contribution in [1.82, 2.24) is 0 Å². The van der Waals surface area contributed by atoms with Crippen LogP contribution in [0.5, 0.6) is 5.75 Å². The molecule has 1 atom stereocenters. The van der Waals surface area contributed by atoms with Crippen molar-refractivity contribution < 1.29 is 9.09 Å². The van der Waals surface area contributed by atoms with Gasteiger partial charge >= 0.3 is 7.52 Å². The van der Waals surface area contributed by atoms with Crippen molar-refractivity contribution in [2.24, 2.45) is 0 Å². The molecule has 0 saturated carbocycles. The van der Waals surface area contributed by atoms with Crippen LogP contribution in [0.1, 0.15) is 16.7 Å². The molecule has 0 aliphatic carbocycles. The molecule has 0 aliphatic heterocycles. The molecule has 0 unspecified atom stereocenters. The van der Waals surface area contributed by atoms with Crippen molar-refractivity contribution in [3.63, 3.8) is 0 Å². The third-order valence-electron chi connectivity index (χ3n) is 2.86. The largest absolute Gasteiger partial charge is 0.429 e. The SMILES string of the molecule is Cc1ccc(N[P@@](C)(=O)Oc2cc(C)cc(C)c2)cc1. The molecular weight excluding hydrogens is 269 g/mol. The molecule has 0 bridgehead atoms. The van der Waals surface area contributed by atoms with Crippen molar-refractivity contribution in [1.29, 1.82) is 0 Å². The molecule has 0 heterocycles. The van der Waals surface area contributed by atoms with Gasteiger partial charge in [0.15, 0.2) is 0 Å². The summed E-state index contributed by atoms with van der Waals surface area (Å²) >= 11 is 0. The highest BCUT2D eigenvalue weighted by Crippen LogP contribution is 2.43. The fraction of sp³-hybridized carbons (Fsp3) is 0.250. The van der Waals surface area contributed by atoms with Crippen molar-refractivity contribution in [3.05, 3.63) is 59.2 Å². The maximum absolute atomic E-state index is 12.5. The Morgan fingerprint density at radius 3 is 2.00 bits per heavy atom. The van der Waals surface area contributed by atoms with Gasteiger partial charge in [-0.1, -0.05) is 23.8 Å². The molecule has 0 amide bonds. The summed E-state index contributed by atoms with van der Waals surface area (Å²) in [4.78, 5) is 0. The van der Waals surface area contributed by atoms with Crippen molar-refractivity contribution in [3.8, 4) is 5.75 Å². The Labute approximate surface area is 120 Å². The molecule has 2 aromatic rings. The highest BCUT2D eigenvalue weighted by atomic mass is 31.2. The van der Waals surface area contributed by atoms with E-state index in [1.54, 1.807) is 6.66 Å². The molecule has 106 valence electrons. The lowest BCUT2D eigenvalue weighted by Crippen LogP contribution is -2.02. The van der Waals surface area contributed by atoms with Gasteiger partial charge in [-0.2, -0.15) is 0 Å². The topological polar surface area (TPSA) is 38.3 Å². The lowest BCUT2D eigenvalue weighted by molar-refractivity contribution is 0.493. The number of anilines is 1. The lowest BCUT2D eigenvalue weighted by atomic mass is 10.1. The first-order valence-corrected chi connectivity index (χ1v) is 8.62. The summed E-state index contributed by atoms with van der Waals surface area (Å²) in [5, 5.41) is 2.97. The number of benzene rings is 2. The van der Waals surface area contributed by atoms with E-state index in [1.165, 1.54) is 0 Å². The molecule has 0 aromatic heterocycles. The second-order valence-corrected chi connectivity index (χ2v) is 7.34. The Morgan fingerprint density at radius 1 is 0.900 bits per heavy atom. The fourth-order valence-corrected chi connectivity index (χ4v) is 3.24. The summed E-state index contributed by atoms with van der Waals surface area (Å²) in [5.41, 5.74) is 4.15. The van der Waals surface area contributed by atoms with Gasteiger partial charge in [0.25, 0.3) is 0 Å². The van der Waals surface area contributed by atoms with Crippen LogP contribution in [-0.2, 0) is 4.57 Å². The van der Waals surface area contributed by atoms with Crippen molar-refractivity contribution in [2.45, 2.75) is 20.8 Å². The van der Waals surface area contributed by atoms with E-state index in [0.717, 1.165) is 22.4 Å². The van der Waals surface area contributed by atoms with Crippen LogP contribution in [0.2, 0.25) is 0 Å². The number of hydrogen-bond acceptors (Lipinski definition) is 2. The van der Waals surface area contributed by atoms with Crippen LogP contribution in [0, 0.1) is 20.8 Å². The molecule has 0 saturated heterocycles. The standard InChI is InChI=1S/C16H20NO2P/c1-12-5-7-15(8-6-12)17-20(4,18)19-16-10-13(2)9-14(3)11-16/h5-11H,1-4H3,(H,17,18)/t20-/m0/s1. The van der Waals surface area contributed by atoms with Crippen LogP contribution >= 0.6 is 7.52 Å². The molecule has 0 spiro atoms. The van der Waals surface area contributed by atoms with Crippen LogP contribution in [0.25, 0.3) is 0 Å². The molecule has 0 aliphatic rings. The molecule has 1 N–H and O–H groups in total. The second kappa shape index (κ2) is 5.72. The molecular formula is C16H20NO2P. The lowest BCUT2D eigenvalue weighted by Gasteiger charge is -2.18. The van der Waals surface area contributed by atoms with Crippen LogP contribution in [0.4, 0.5) is 5.69 Å². The zero-order valence-electron chi connectivity index (χ0n) is 12.3. The van der Waals surface area contributed by atoms with Gasteiger partial charge in [0.2, 0.25) is 0 Å². The van der Waals surface area contributed by atoms with Crippen LogP contribution < -0.4 is 9.61 Å². The quantitative estimate of drug-likeness (QED) is 0.811. The maximum atomic E-state index is 12.5. The van der Waals surface area contributed by atoms with Gasteiger partial charge in [-0.3, -0.25) is 4.57 Å². The van der Waals surface area contributed by atoms with Gasteiger partial charge in [-0.05, 0) is 56.2 Å². The van der Waals surface area contributed by atoms with E-state index in [2.05, 4.69) is 11.2 Å². The predicted molar refractivity (Wildman–Crippen MR) is 84.9 cm³/mol. The number of nitrogens with one attached hydrogen (secondary N) is 1. The first-order chi connectivity index (χ1) is 9.34. The predicted octanol–water partition coefficient (Wildman–Crippen LogP) is 4.93. The number of aryl methyl sites for hydroxylation is 3. The smallest absolute Gasteiger partial charge is 0.338 e. The zero-order chi connectivity index (χ0) is 14.8. The third-order valence-corrected chi connectivity index (χ3v) is 4.08. The minimum Gasteiger partial charge on any atom is -0.429 e. The first-order valence-electron chi connectivity index (χ1n) is 6.54. The minimum absolute atomic E-state index is 0.632. The summed E-state index contributed by atoms with van der Waals surface area (Å²) in [5.74, 6) is 0.632. The van der Waals surface area contributed by atoms with Crippen LogP contribution in [-0.4, -0.2) is 6.66 Å². The van der Waals surface area contributed by atoms with Crippen molar-refractivity contribution >= 4 is 13.2 Å². The molecule has 0 radical (unpaired) electrons. The molecule has 2 rings (SSSR count). The van der Waals surface area contributed by atoms with E-state index in [1.807, 2.05) is 57.2 Å². The van der Waals surface area contributed by atoms with E-state index in [4.69, 9.17) is 4.52 Å². The summed E-state index contributed by atoms with van der Waals surface area (Å²) in [6.07, 6.45) is 0. The zero-order valence-corrected chi connectivity index (χ0v) is 13.2. The van der Waals surface area contributed by atoms with Gasteiger partial charge in [-0.25, -0.2) is 0 Å². The van der Waals surface area contributed by atoms with Gasteiger partial charge in [-0.15, -0.1) is 0 Å². The van der Waals surface area contributed by atoms with E-state index in [-0.39, 0.29) is 0 Å². The minimum atomic E-state index is -2.94. The molecule has 0 fully saturated rings. The highest BCUT2D eigenvalue weighted by Gasteiger charge is 2.17. The Morgan fingerprint density at radius 2 is 1.45 bits per heavy atom. The number of rotatable bonds is 4. The van der Waals surface area contributed by atoms with E-state index < -0.39 is 7.52 Å². The first kappa shape index (κ1) is 14.7. The third kappa shape index (κ3) is 4.14. The average Bonchev–Trinajstić information content (AvgIpc) is 2.29. The van der Waals surface area contributed by atoms with Gasteiger partial charge < -0.3 is 9.61 Å². The Balaban J connectivity index is 2.14. The van der Waals surface area contributed by atoms with Crippen LogP contribution in [0.15, 0.2) is 42.5 Å². The summed E-state index contributed by atoms with van der Waals surface area (Å²) in [6.45, 7) is 7.59. The molecule has 2 aromatic carbocycles. The summed E-state index contributed by atoms with van der Waals surface area (Å²) < 4.78 is 18.2. The van der Waals surface area contributed by atoms with Gasteiger partial charge in [0.05, 0.1) is 0 Å². The molecule has 3 nitrogen and oxygen atoms in total. The fourth-order valence-electron chi connectivity index (χ4n) is 2.07. The van der Waals surface area contributed by atoms with E-state index in [9.17, 15) is 4.57 Å². The second-order valence-electron chi connectivity index (χ2n) is 5.24. The average molecular weight is 289 g/mol. The molecule has 4 heteroatoms. The number of hydrogen-bond donors (Lipinski definition) is 1. The monoisotopic (exact) mass is 289 g/mol. The summed E-state index contributed by atoms with van der Waals surface area (Å²) in [7, 11) is -2.94. The maximum Gasteiger partial charge on any atom is 0.338 e. The summed E-state index contributed by atoms with van der Waals surface area (Å²) in [6, 6.07) is 13.6. The van der Waals surface area contributed by atoms with E-state index >= 15 is 0 Å².